The number of aryl methyl sites for hydroxylation is 1. The van der Waals surface area contributed by atoms with Crippen LogP contribution in [-0.4, -0.2) is 34.5 Å². The normalized spacial score (nSPS) is 11.8. The summed E-state index contributed by atoms with van der Waals surface area (Å²) in [4.78, 5) is 4.71. The zero-order chi connectivity index (χ0) is 17.1. The maximum atomic E-state index is 9.60. The second-order valence-electron chi connectivity index (χ2n) is 5.75. The van der Waals surface area contributed by atoms with Gasteiger partial charge in [-0.05, 0) is 30.7 Å². The molecular formula is C19H20Cl2N2O2. The fourth-order valence-corrected chi connectivity index (χ4v) is 2.69. The van der Waals surface area contributed by atoms with Crippen LogP contribution in [0.4, 0.5) is 5.69 Å². The molecule has 2 aromatic carbocycles. The van der Waals surface area contributed by atoms with Gasteiger partial charge in [-0.25, -0.2) is 4.98 Å². The van der Waals surface area contributed by atoms with Crippen molar-refractivity contribution in [3.05, 3.63) is 59.1 Å². The summed E-state index contributed by atoms with van der Waals surface area (Å²) < 4.78 is 0. The number of aliphatic hydroxyl groups excluding tert-OH is 2. The molecular weight excluding hydrogens is 359 g/mol. The van der Waals surface area contributed by atoms with Gasteiger partial charge >= 0.3 is 0 Å². The topological polar surface area (TPSA) is 65.4 Å². The number of pyridine rings is 1. The molecule has 0 amide bonds. The van der Waals surface area contributed by atoms with Gasteiger partial charge in [-0.15, -0.1) is 12.4 Å². The number of rotatable bonds is 5. The number of nitrogens with zero attached hydrogens (tertiary/aromatic N) is 1. The first-order valence-corrected chi connectivity index (χ1v) is 8.15. The lowest BCUT2D eigenvalue weighted by Crippen LogP contribution is -2.23. The number of anilines is 1. The summed E-state index contributed by atoms with van der Waals surface area (Å²) in [7, 11) is 0. The largest absolute Gasteiger partial charge is 0.394 e. The van der Waals surface area contributed by atoms with E-state index in [2.05, 4.69) is 5.32 Å². The molecule has 25 heavy (non-hydrogen) atoms. The number of nitrogens with one attached hydrogen (secondary N) is 1. The highest BCUT2D eigenvalue weighted by Gasteiger charge is 2.10. The predicted molar refractivity (Wildman–Crippen MR) is 106 cm³/mol. The van der Waals surface area contributed by atoms with E-state index in [0.29, 0.717) is 5.02 Å². The summed E-state index contributed by atoms with van der Waals surface area (Å²) >= 11 is 6.24. The highest BCUT2D eigenvalue weighted by Crippen LogP contribution is 2.30. The number of aromatic nitrogens is 1. The standard InChI is InChI=1S/C19H19ClN2O2.ClH/c1-12-6-7-13(8-16(12)20)18-9-19(21-10-14(24)11-23)15-4-2-3-5-17(15)22-18;/h2-9,14,23-24H,10-11H2,1H3,(H,21,22);1H. The summed E-state index contributed by atoms with van der Waals surface area (Å²) in [5.74, 6) is 0. The molecule has 1 unspecified atom stereocenters. The molecule has 4 nitrogen and oxygen atoms in total. The van der Waals surface area contributed by atoms with E-state index in [-0.39, 0.29) is 25.6 Å². The van der Waals surface area contributed by atoms with Gasteiger partial charge in [0.2, 0.25) is 0 Å². The van der Waals surface area contributed by atoms with E-state index >= 15 is 0 Å². The second kappa shape index (κ2) is 8.50. The van der Waals surface area contributed by atoms with Crippen molar-refractivity contribution in [2.45, 2.75) is 13.0 Å². The van der Waals surface area contributed by atoms with Crippen LogP contribution in [0.25, 0.3) is 22.2 Å². The van der Waals surface area contributed by atoms with Crippen LogP contribution in [0.15, 0.2) is 48.5 Å². The van der Waals surface area contributed by atoms with E-state index in [1.807, 2.05) is 55.5 Å². The molecule has 1 heterocycles. The van der Waals surface area contributed by atoms with Crippen LogP contribution in [-0.2, 0) is 0 Å². The van der Waals surface area contributed by atoms with Gasteiger partial charge in [-0.2, -0.15) is 0 Å². The second-order valence-corrected chi connectivity index (χ2v) is 6.16. The van der Waals surface area contributed by atoms with Gasteiger partial charge in [0.15, 0.2) is 0 Å². The maximum Gasteiger partial charge on any atom is 0.0942 e. The van der Waals surface area contributed by atoms with Crippen molar-refractivity contribution in [3.63, 3.8) is 0 Å². The molecule has 132 valence electrons. The molecule has 0 aliphatic rings. The first-order valence-electron chi connectivity index (χ1n) is 7.77. The Morgan fingerprint density at radius 1 is 1.16 bits per heavy atom. The van der Waals surface area contributed by atoms with E-state index in [1.165, 1.54) is 0 Å². The Morgan fingerprint density at radius 2 is 1.92 bits per heavy atom. The lowest BCUT2D eigenvalue weighted by atomic mass is 10.1. The van der Waals surface area contributed by atoms with Crippen LogP contribution in [0.2, 0.25) is 5.02 Å². The smallest absolute Gasteiger partial charge is 0.0942 e. The van der Waals surface area contributed by atoms with E-state index in [4.69, 9.17) is 21.7 Å². The van der Waals surface area contributed by atoms with Gasteiger partial charge in [-0.1, -0.05) is 41.9 Å². The quantitative estimate of drug-likeness (QED) is 0.626. The third kappa shape index (κ3) is 4.41. The Labute approximate surface area is 157 Å². The third-order valence-electron chi connectivity index (χ3n) is 3.92. The molecule has 3 aromatic rings. The van der Waals surface area contributed by atoms with Crippen molar-refractivity contribution in [2.24, 2.45) is 0 Å². The monoisotopic (exact) mass is 378 g/mol. The molecule has 0 aliphatic carbocycles. The van der Waals surface area contributed by atoms with Crippen LogP contribution >= 0.6 is 24.0 Å². The summed E-state index contributed by atoms with van der Waals surface area (Å²) in [6.45, 7) is 1.94. The molecule has 3 rings (SSSR count). The lowest BCUT2D eigenvalue weighted by Gasteiger charge is -2.14. The van der Waals surface area contributed by atoms with Gasteiger partial charge in [0.05, 0.1) is 23.9 Å². The number of fused-ring (bicyclic) bond motifs is 1. The maximum absolute atomic E-state index is 9.60. The molecule has 1 atom stereocenters. The SMILES string of the molecule is Cc1ccc(-c2cc(NCC(O)CO)c3ccccc3n2)cc1Cl.Cl. The summed E-state index contributed by atoms with van der Waals surface area (Å²) in [6.07, 6.45) is -0.811. The summed E-state index contributed by atoms with van der Waals surface area (Å²) in [5.41, 5.74) is 4.47. The first-order chi connectivity index (χ1) is 11.6. The van der Waals surface area contributed by atoms with Gasteiger partial charge in [-0.3, -0.25) is 0 Å². The summed E-state index contributed by atoms with van der Waals surface area (Å²) in [5, 5.41) is 23.5. The van der Waals surface area contributed by atoms with E-state index in [0.717, 1.165) is 33.4 Å². The fourth-order valence-electron chi connectivity index (χ4n) is 2.51. The highest BCUT2D eigenvalue weighted by molar-refractivity contribution is 6.31. The summed E-state index contributed by atoms with van der Waals surface area (Å²) in [6, 6.07) is 15.6. The molecule has 3 N–H and O–H groups in total. The highest BCUT2D eigenvalue weighted by atomic mass is 35.5. The average Bonchev–Trinajstić information content (AvgIpc) is 2.61. The molecule has 0 saturated carbocycles. The average molecular weight is 379 g/mol. The Morgan fingerprint density at radius 3 is 2.64 bits per heavy atom. The van der Waals surface area contributed by atoms with Gasteiger partial charge in [0.1, 0.15) is 0 Å². The van der Waals surface area contributed by atoms with Crippen LogP contribution in [0, 0.1) is 6.92 Å². The number of hydrogen-bond donors (Lipinski definition) is 3. The number of benzene rings is 2. The molecule has 0 bridgehead atoms. The Hall–Kier alpha value is -1.85. The number of halogens is 2. The van der Waals surface area contributed by atoms with E-state index < -0.39 is 6.10 Å². The van der Waals surface area contributed by atoms with Crippen molar-refractivity contribution in [2.75, 3.05) is 18.5 Å². The Kier molecular flexibility index (Phi) is 6.62. The zero-order valence-corrected chi connectivity index (χ0v) is 15.3. The van der Waals surface area contributed by atoms with Gasteiger partial charge in [0, 0.05) is 28.2 Å². The molecule has 0 fully saturated rings. The van der Waals surface area contributed by atoms with Crippen molar-refractivity contribution in [3.8, 4) is 11.3 Å². The van der Waals surface area contributed by atoms with Crippen molar-refractivity contribution in [1.82, 2.24) is 4.98 Å². The molecule has 1 aromatic heterocycles. The zero-order valence-electron chi connectivity index (χ0n) is 13.7. The number of hydrogen-bond acceptors (Lipinski definition) is 4. The van der Waals surface area contributed by atoms with Crippen LogP contribution in [0.3, 0.4) is 0 Å². The minimum absolute atomic E-state index is 0. The molecule has 0 saturated heterocycles. The Balaban J connectivity index is 0.00000225. The number of para-hydroxylation sites is 1. The Bertz CT molecular complexity index is 871. The van der Waals surface area contributed by atoms with Gasteiger partial charge in [0.25, 0.3) is 0 Å². The molecule has 0 aliphatic heterocycles. The van der Waals surface area contributed by atoms with Crippen molar-refractivity contribution >= 4 is 40.6 Å². The molecule has 0 radical (unpaired) electrons. The minimum atomic E-state index is -0.811. The predicted octanol–water partition coefficient (Wildman–Crippen LogP) is 4.05. The van der Waals surface area contributed by atoms with Crippen LogP contribution < -0.4 is 5.32 Å². The number of aliphatic hydroxyl groups is 2. The van der Waals surface area contributed by atoms with E-state index in [9.17, 15) is 5.11 Å². The molecule has 6 heteroatoms. The molecule has 0 spiro atoms. The third-order valence-corrected chi connectivity index (χ3v) is 4.33. The lowest BCUT2D eigenvalue weighted by molar-refractivity contribution is 0.105. The minimum Gasteiger partial charge on any atom is -0.394 e. The fraction of sp³-hybridized carbons (Fsp3) is 0.211. The first kappa shape index (κ1) is 19.5. The van der Waals surface area contributed by atoms with Crippen molar-refractivity contribution < 1.29 is 10.2 Å². The van der Waals surface area contributed by atoms with E-state index in [1.54, 1.807) is 0 Å². The van der Waals surface area contributed by atoms with Crippen molar-refractivity contribution in [1.29, 1.82) is 0 Å². The van der Waals surface area contributed by atoms with Crippen LogP contribution in [0.5, 0.6) is 0 Å². The van der Waals surface area contributed by atoms with Crippen LogP contribution in [0.1, 0.15) is 5.56 Å². The van der Waals surface area contributed by atoms with Gasteiger partial charge < -0.3 is 15.5 Å².